The van der Waals surface area contributed by atoms with Gasteiger partial charge < -0.3 is 19.9 Å². The summed E-state index contributed by atoms with van der Waals surface area (Å²) in [6.45, 7) is 12.1. The number of aromatic nitrogens is 2. The van der Waals surface area contributed by atoms with Gasteiger partial charge in [-0.15, -0.1) is 0 Å². The second kappa shape index (κ2) is 12.1. The first-order chi connectivity index (χ1) is 15.2. The van der Waals surface area contributed by atoms with E-state index < -0.39 is 0 Å². The van der Waals surface area contributed by atoms with Gasteiger partial charge in [0.1, 0.15) is 5.75 Å². The molecule has 1 aromatic heterocycles. The van der Waals surface area contributed by atoms with Crippen LogP contribution in [0.1, 0.15) is 19.4 Å². The Kier molecular flexibility index (Phi) is 8.90. The summed E-state index contributed by atoms with van der Waals surface area (Å²) in [7, 11) is 2.08. The summed E-state index contributed by atoms with van der Waals surface area (Å²) in [4.78, 5) is 20.4. The first kappa shape index (κ1) is 22.8. The Labute approximate surface area is 186 Å². The molecule has 1 saturated heterocycles. The standard InChI is InChI=1S/C23H35N7O/c1-4-24-22(28(3)19-20-7-9-21(10-8-20)31-5-2)27-13-14-29-15-17-30(18-16-29)23-25-11-6-12-26-23/h6-12H,4-5,13-19H2,1-3H3,(H,24,27). The van der Waals surface area contributed by atoms with Crippen LogP contribution < -0.4 is 15.0 Å². The molecule has 1 N–H and O–H groups in total. The summed E-state index contributed by atoms with van der Waals surface area (Å²) in [6.07, 6.45) is 3.60. The second-order valence-electron chi connectivity index (χ2n) is 7.55. The van der Waals surface area contributed by atoms with Crippen molar-refractivity contribution in [1.82, 2.24) is 25.1 Å². The third kappa shape index (κ3) is 7.10. The Bertz CT molecular complexity index is 789. The predicted octanol–water partition coefficient (Wildman–Crippen LogP) is 2.09. The van der Waals surface area contributed by atoms with Gasteiger partial charge in [0, 0.05) is 65.3 Å². The van der Waals surface area contributed by atoms with Crippen LogP contribution >= 0.6 is 0 Å². The topological polar surface area (TPSA) is 69.1 Å². The summed E-state index contributed by atoms with van der Waals surface area (Å²) in [6, 6.07) is 10.1. The average Bonchev–Trinajstić information content (AvgIpc) is 2.81. The first-order valence-electron chi connectivity index (χ1n) is 11.1. The summed E-state index contributed by atoms with van der Waals surface area (Å²) in [5, 5.41) is 3.41. The third-order valence-corrected chi connectivity index (χ3v) is 5.24. The average molecular weight is 426 g/mol. The molecule has 0 atom stereocenters. The molecule has 8 heteroatoms. The van der Waals surface area contributed by atoms with E-state index in [0.717, 1.165) is 70.0 Å². The van der Waals surface area contributed by atoms with Gasteiger partial charge in [-0.05, 0) is 37.6 Å². The quantitative estimate of drug-likeness (QED) is 0.487. The molecule has 0 bridgehead atoms. The molecule has 168 valence electrons. The van der Waals surface area contributed by atoms with Crippen molar-refractivity contribution in [3.8, 4) is 5.75 Å². The number of rotatable bonds is 9. The zero-order valence-corrected chi connectivity index (χ0v) is 19.0. The van der Waals surface area contributed by atoms with Gasteiger partial charge in [-0.25, -0.2) is 9.97 Å². The van der Waals surface area contributed by atoms with Crippen molar-refractivity contribution in [2.45, 2.75) is 20.4 Å². The number of hydrogen-bond donors (Lipinski definition) is 1. The molecule has 2 aromatic rings. The van der Waals surface area contributed by atoms with Crippen LogP contribution in [-0.2, 0) is 6.54 Å². The predicted molar refractivity (Wildman–Crippen MR) is 126 cm³/mol. The zero-order valence-electron chi connectivity index (χ0n) is 19.0. The number of nitrogens with zero attached hydrogens (tertiary/aromatic N) is 6. The molecular formula is C23H35N7O. The van der Waals surface area contributed by atoms with Crippen LogP contribution in [0.2, 0.25) is 0 Å². The molecule has 1 aromatic carbocycles. The highest BCUT2D eigenvalue weighted by molar-refractivity contribution is 5.79. The Balaban J connectivity index is 1.46. The van der Waals surface area contributed by atoms with Gasteiger partial charge in [0.25, 0.3) is 0 Å². The molecule has 0 amide bonds. The number of aliphatic imine (C=N–C) groups is 1. The van der Waals surface area contributed by atoms with E-state index in [1.165, 1.54) is 5.56 Å². The molecule has 1 fully saturated rings. The van der Waals surface area contributed by atoms with E-state index in [1.807, 2.05) is 25.1 Å². The number of ether oxygens (including phenoxy) is 1. The van der Waals surface area contributed by atoms with E-state index in [4.69, 9.17) is 9.73 Å². The van der Waals surface area contributed by atoms with E-state index in [0.29, 0.717) is 6.61 Å². The van der Waals surface area contributed by atoms with Crippen molar-refractivity contribution >= 4 is 11.9 Å². The molecule has 8 nitrogen and oxygen atoms in total. The zero-order chi connectivity index (χ0) is 21.9. The SMILES string of the molecule is CCNC(=NCCN1CCN(c2ncccn2)CC1)N(C)Cc1ccc(OCC)cc1. The maximum Gasteiger partial charge on any atom is 0.225 e. The summed E-state index contributed by atoms with van der Waals surface area (Å²) < 4.78 is 5.53. The van der Waals surface area contributed by atoms with E-state index >= 15 is 0 Å². The second-order valence-corrected chi connectivity index (χ2v) is 7.55. The summed E-state index contributed by atoms with van der Waals surface area (Å²) >= 11 is 0. The molecule has 1 aliphatic rings. The molecule has 2 heterocycles. The Morgan fingerprint density at radius 2 is 1.81 bits per heavy atom. The van der Waals surface area contributed by atoms with Gasteiger partial charge in [-0.1, -0.05) is 12.1 Å². The van der Waals surface area contributed by atoms with Gasteiger partial charge in [0.2, 0.25) is 5.95 Å². The van der Waals surface area contributed by atoms with E-state index in [9.17, 15) is 0 Å². The minimum atomic E-state index is 0.686. The molecule has 3 rings (SSSR count). The number of nitrogens with one attached hydrogen (secondary N) is 1. The summed E-state index contributed by atoms with van der Waals surface area (Å²) in [5.41, 5.74) is 1.23. The van der Waals surface area contributed by atoms with Crippen molar-refractivity contribution in [1.29, 1.82) is 0 Å². The highest BCUT2D eigenvalue weighted by Gasteiger charge is 2.18. The van der Waals surface area contributed by atoms with Crippen LogP contribution in [0.15, 0.2) is 47.7 Å². The lowest BCUT2D eigenvalue weighted by atomic mass is 10.2. The van der Waals surface area contributed by atoms with Crippen LogP contribution in [0.5, 0.6) is 5.75 Å². The number of benzene rings is 1. The molecule has 1 aliphatic heterocycles. The van der Waals surface area contributed by atoms with E-state index in [1.54, 1.807) is 12.4 Å². The Morgan fingerprint density at radius 3 is 2.45 bits per heavy atom. The van der Waals surface area contributed by atoms with Crippen LogP contribution in [0.4, 0.5) is 5.95 Å². The van der Waals surface area contributed by atoms with Crippen LogP contribution in [0.3, 0.4) is 0 Å². The van der Waals surface area contributed by atoms with Crippen molar-refractivity contribution in [2.24, 2.45) is 4.99 Å². The lowest BCUT2D eigenvalue weighted by Gasteiger charge is -2.34. The fraction of sp³-hybridized carbons (Fsp3) is 0.522. The molecule has 0 spiro atoms. The summed E-state index contributed by atoms with van der Waals surface area (Å²) in [5.74, 6) is 2.67. The molecule has 0 radical (unpaired) electrons. The minimum Gasteiger partial charge on any atom is -0.494 e. The van der Waals surface area contributed by atoms with E-state index in [2.05, 4.69) is 56.1 Å². The van der Waals surface area contributed by atoms with Crippen molar-refractivity contribution in [3.63, 3.8) is 0 Å². The number of piperazine rings is 1. The molecule has 31 heavy (non-hydrogen) atoms. The lowest BCUT2D eigenvalue weighted by Crippen LogP contribution is -2.47. The van der Waals surface area contributed by atoms with Gasteiger partial charge in [-0.3, -0.25) is 9.89 Å². The van der Waals surface area contributed by atoms with Gasteiger partial charge >= 0.3 is 0 Å². The third-order valence-electron chi connectivity index (χ3n) is 5.24. The molecule has 0 aliphatic carbocycles. The van der Waals surface area contributed by atoms with Crippen LogP contribution in [0.25, 0.3) is 0 Å². The van der Waals surface area contributed by atoms with Gasteiger partial charge in [-0.2, -0.15) is 0 Å². The smallest absolute Gasteiger partial charge is 0.225 e. The minimum absolute atomic E-state index is 0.686. The Morgan fingerprint density at radius 1 is 1.10 bits per heavy atom. The normalized spacial score (nSPS) is 15.1. The lowest BCUT2D eigenvalue weighted by molar-refractivity contribution is 0.263. The van der Waals surface area contributed by atoms with Crippen molar-refractivity contribution in [2.75, 3.05) is 64.4 Å². The monoisotopic (exact) mass is 425 g/mol. The van der Waals surface area contributed by atoms with Crippen molar-refractivity contribution in [3.05, 3.63) is 48.3 Å². The first-order valence-corrected chi connectivity index (χ1v) is 11.1. The fourth-order valence-electron chi connectivity index (χ4n) is 3.60. The largest absolute Gasteiger partial charge is 0.494 e. The van der Waals surface area contributed by atoms with Crippen LogP contribution in [-0.4, -0.2) is 85.2 Å². The number of hydrogen-bond acceptors (Lipinski definition) is 6. The van der Waals surface area contributed by atoms with Crippen molar-refractivity contribution < 1.29 is 4.74 Å². The Hall–Kier alpha value is -2.87. The number of anilines is 1. The fourth-order valence-corrected chi connectivity index (χ4v) is 3.60. The van der Waals surface area contributed by atoms with Crippen LogP contribution in [0, 0.1) is 0 Å². The molecule has 0 unspecified atom stereocenters. The maximum absolute atomic E-state index is 5.53. The molecular weight excluding hydrogens is 390 g/mol. The number of guanidine groups is 1. The highest BCUT2D eigenvalue weighted by atomic mass is 16.5. The van der Waals surface area contributed by atoms with E-state index in [-0.39, 0.29) is 0 Å². The maximum atomic E-state index is 5.53. The van der Waals surface area contributed by atoms with Gasteiger partial charge in [0.15, 0.2) is 5.96 Å². The molecule has 0 saturated carbocycles. The van der Waals surface area contributed by atoms with Gasteiger partial charge in [0.05, 0.1) is 13.2 Å². The highest BCUT2D eigenvalue weighted by Crippen LogP contribution is 2.13.